The molecule has 1 unspecified atom stereocenters. The van der Waals surface area contributed by atoms with Gasteiger partial charge in [-0.1, -0.05) is 13.0 Å². The zero-order valence-electron chi connectivity index (χ0n) is 5.73. The Morgan fingerprint density at radius 1 is 1.78 bits per heavy atom. The molecule has 0 bridgehead atoms. The summed E-state index contributed by atoms with van der Waals surface area (Å²) in [6, 6.07) is 0. The van der Waals surface area contributed by atoms with Crippen molar-refractivity contribution in [3.63, 3.8) is 0 Å². The van der Waals surface area contributed by atoms with Crippen molar-refractivity contribution in [3.05, 3.63) is 11.9 Å². The zero-order valence-corrected chi connectivity index (χ0v) is 5.73. The van der Waals surface area contributed by atoms with Gasteiger partial charge < -0.3 is 4.79 Å². The molecule has 1 nitrogen and oxygen atoms in total. The monoisotopic (exact) mass is 130 g/mol. The fourth-order valence-electron chi connectivity index (χ4n) is 0.404. The van der Waals surface area contributed by atoms with Crippen molar-refractivity contribution in [2.24, 2.45) is 5.92 Å². The van der Waals surface area contributed by atoms with Gasteiger partial charge in [-0.05, 0) is 13.3 Å². The lowest BCUT2D eigenvalue weighted by Crippen LogP contribution is -1.91. The van der Waals surface area contributed by atoms with E-state index in [4.69, 9.17) is 0 Å². The first-order valence-electron chi connectivity index (χ1n) is 2.94. The lowest BCUT2D eigenvalue weighted by atomic mass is 10.1. The number of hydrogen-bond acceptors (Lipinski definition) is 1. The van der Waals surface area contributed by atoms with Gasteiger partial charge in [0.25, 0.3) is 0 Å². The Morgan fingerprint density at radius 2 is 2.33 bits per heavy atom. The lowest BCUT2D eigenvalue weighted by Gasteiger charge is -1.94. The molecule has 0 aromatic carbocycles. The van der Waals surface area contributed by atoms with Crippen molar-refractivity contribution in [2.75, 3.05) is 0 Å². The Hall–Kier alpha value is -0.660. The topological polar surface area (TPSA) is 17.1 Å². The van der Waals surface area contributed by atoms with Crippen LogP contribution in [0.4, 0.5) is 4.39 Å². The first-order valence-corrected chi connectivity index (χ1v) is 2.94. The van der Waals surface area contributed by atoms with Crippen LogP contribution >= 0.6 is 0 Å². The van der Waals surface area contributed by atoms with Crippen molar-refractivity contribution >= 4 is 6.29 Å². The summed E-state index contributed by atoms with van der Waals surface area (Å²) in [6.07, 6.45) is 2.74. The third-order valence-electron chi connectivity index (χ3n) is 1.00. The SMILES string of the molecule is C/C(F)=C\CC(C)C=O. The van der Waals surface area contributed by atoms with Gasteiger partial charge >= 0.3 is 0 Å². The third-order valence-corrected chi connectivity index (χ3v) is 1.00. The average Bonchev–Trinajstić information content (AvgIpc) is 1.83. The molecule has 0 saturated heterocycles. The summed E-state index contributed by atoms with van der Waals surface area (Å²) < 4.78 is 11.9. The van der Waals surface area contributed by atoms with Crippen molar-refractivity contribution in [2.45, 2.75) is 20.3 Å². The highest BCUT2D eigenvalue weighted by atomic mass is 19.1. The Kier molecular flexibility index (Phi) is 3.93. The number of aldehydes is 1. The van der Waals surface area contributed by atoms with Crippen molar-refractivity contribution < 1.29 is 9.18 Å². The fourth-order valence-corrected chi connectivity index (χ4v) is 0.404. The van der Waals surface area contributed by atoms with E-state index < -0.39 is 0 Å². The van der Waals surface area contributed by atoms with Crippen molar-refractivity contribution in [1.82, 2.24) is 0 Å². The molecule has 2 heteroatoms. The molecule has 0 heterocycles. The Bertz CT molecular complexity index is 114. The maximum atomic E-state index is 11.9. The van der Waals surface area contributed by atoms with Crippen LogP contribution in [-0.2, 0) is 4.79 Å². The molecule has 0 aromatic rings. The van der Waals surface area contributed by atoms with E-state index in [9.17, 15) is 9.18 Å². The van der Waals surface area contributed by atoms with Gasteiger partial charge in [0.1, 0.15) is 6.29 Å². The summed E-state index contributed by atoms with van der Waals surface area (Å²) in [4.78, 5) is 9.97. The molecular weight excluding hydrogens is 119 g/mol. The van der Waals surface area contributed by atoms with Crippen LogP contribution in [0.5, 0.6) is 0 Å². The minimum absolute atomic E-state index is 0.0595. The predicted molar refractivity (Wildman–Crippen MR) is 34.7 cm³/mol. The molecule has 0 rings (SSSR count). The standard InChI is InChI=1S/C7H11FO/c1-6(5-9)3-4-7(2)8/h4-6H,3H2,1-2H3/b7-4+. The number of carbonyl (C=O) groups excluding carboxylic acids is 1. The van der Waals surface area contributed by atoms with Gasteiger partial charge in [-0.2, -0.15) is 0 Å². The minimum atomic E-state index is -0.219. The average molecular weight is 130 g/mol. The van der Waals surface area contributed by atoms with Gasteiger partial charge in [-0.3, -0.25) is 0 Å². The molecule has 0 amide bonds. The van der Waals surface area contributed by atoms with Gasteiger partial charge in [-0.15, -0.1) is 0 Å². The molecule has 0 spiro atoms. The van der Waals surface area contributed by atoms with Crippen molar-refractivity contribution in [1.29, 1.82) is 0 Å². The number of allylic oxidation sites excluding steroid dienone is 2. The van der Waals surface area contributed by atoms with E-state index >= 15 is 0 Å². The molecule has 0 aromatic heterocycles. The summed E-state index contributed by atoms with van der Waals surface area (Å²) >= 11 is 0. The Morgan fingerprint density at radius 3 is 2.67 bits per heavy atom. The van der Waals surface area contributed by atoms with E-state index in [-0.39, 0.29) is 11.7 Å². The van der Waals surface area contributed by atoms with Crippen LogP contribution in [0.3, 0.4) is 0 Å². The fraction of sp³-hybridized carbons (Fsp3) is 0.571. The predicted octanol–water partition coefficient (Wildman–Crippen LogP) is 2.08. The molecule has 9 heavy (non-hydrogen) atoms. The van der Waals surface area contributed by atoms with Crippen molar-refractivity contribution in [3.8, 4) is 0 Å². The van der Waals surface area contributed by atoms with E-state index in [2.05, 4.69) is 0 Å². The van der Waals surface area contributed by atoms with Crippen LogP contribution in [0.2, 0.25) is 0 Å². The number of carbonyl (C=O) groups is 1. The molecule has 0 fully saturated rings. The van der Waals surface area contributed by atoms with E-state index in [1.54, 1.807) is 6.92 Å². The Balaban J connectivity index is 3.49. The van der Waals surface area contributed by atoms with Crippen LogP contribution in [0, 0.1) is 5.92 Å². The van der Waals surface area contributed by atoms with Gasteiger partial charge in [-0.25, -0.2) is 4.39 Å². The van der Waals surface area contributed by atoms with Crippen LogP contribution in [-0.4, -0.2) is 6.29 Å². The summed E-state index contributed by atoms with van der Waals surface area (Å²) in [5.41, 5.74) is 0. The number of halogens is 1. The second kappa shape index (κ2) is 4.24. The second-order valence-electron chi connectivity index (χ2n) is 2.14. The van der Waals surface area contributed by atoms with E-state index in [1.807, 2.05) is 0 Å². The molecule has 52 valence electrons. The molecule has 0 N–H and O–H groups in total. The lowest BCUT2D eigenvalue weighted by molar-refractivity contribution is -0.110. The third kappa shape index (κ3) is 5.21. The van der Waals surface area contributed by atoms with Gasteiger partial charge in [0.2, 0.25) is 0 Å². The zero-order chi connectivity index (χ0) is 7.28. The number of rotatable bonds is 3. The molecule has 0 aliphatic carbocycles. The normalized spacial score (nSPS) is 15.2. The molecular formula is C7H11FO. The molecule has 0 radical (unpaired) electrons. The first-order chi connectivity index (χ1) is 4.16. The maximum Gasteiger partial charge on any atom is 0.123 e. The molecule has 0 aliphatic heterocycles. The van der Waals surface area contributed by atoms with Crippen LogP contribution in [0.1, 0.15) is 20.3 Å². The van der Waals surface area contributed by atoms with E-state index in [0.29, 0.717) is 6.42 Å². The van der Waals surface area contributed by atoms with Crippen LogP contribution < -0.4 is 0 Å². The maximum absolute atomic E-state index is 11.9. The molecule has 0 saturated carbocycles. The minimum Gasteiger partial charge on any atom is -0.303 e. The van der Waals surface area contributed by atoms with Crippen LogP contribution in [0.25, 0.3) is 0 Å². The van der Waals surface area contributed by atoms with E-state index in [1.165, 1.54) is 13.0 Å². The van der Waals surface area contributed by atoms with E-state index in [0.717, 1.165) is 6.29 Å². The molecule has 0 aliphatic rings. The summed E-state index contributed by atoms with van der Waals surface area (Å²) in [5.74, 6) is -0.278. The quantitative estimate of drug-likeness (QED) is 0.534. The smallest absolute Gasteiger partial charge is 0.123 e. The highest BCUT2D eigenvalue weighted by Gasteiger charge is 1.94. The highest BCUT2D eigenvalue weighted by molar-refractivity contribution is 5.52. The second-order valence-corrected chi connectivity index (χ2v) is 2.14. The summed E-state index contributed by atoms with van der Waals surface area (Å²) in [7, 11) is 0. The van der Waals surface area contributed by atoms with Gasteiger partial charge in [0, 0.05) is 5.92 Å². The first kappa shape index (κ1) is 8.34. The molecule has 1 atom stereocenters. The number of hydrogen-bond donors (Lipinski definition) is 0. The summed E-state index contributed by atoms with van der Waals surface area (Å²) in [5, 5.41) is 0. The highest BCUT2D eigenvalue weighted by Crippen LogP contribution is 2.02. The summed E-state index contributed by atoms with van der Waals surface area (Å²) in [6.45, 7) is 3.13. The van der Waals surface area contributed by atoms with Gasteiger partial charge in [0.05, 0.1) is 5.83 Å². The van der Waals surface area contributed by atoms with Crippen LogP contribution in [0.15, 0.2) is 11.9 Å². The largest absolute Gasteiger partial charge is 0.303 e. The van der Waals surface area contributed by atoms with Gasteiger partial charge in [0.15, 0.2) is 0 Å². The Labute approximate surface area is 54.6 Å².